The fraction of sp³-hybridized carbons (Fsp3) is 0.760. The van der Waals surface area contributed by atoms with E-state index in [1.54, 1.807) is 0 Å². The Bertz CT molecular complexity index is 827. The number of amides is 1. The second-order valence-corrected chi connectivity index (χ2v) is 10.1. The van der Waals surface area contributed by atoms with E-state index in [0.29, 0.717) is 23.7 Å². The highest BCUT2D eigenvalue weighted by Crippen LogP contribution is 2.54. The lowest BCUT2D eigenvalue weighted by Gasteiger charge is -2.33. The van der Waals surface area contributed by atoms with Gasteiger partial charge in [0.25, 0.3) is 0 Å². The smallest absolute Gasteiger partial charge is 0.334 e. The molecule has 0 radical (unpaired) electrons. The number of nitrogens with zero attached hydrogens (tertiary/aromatic N) is 2. The summed E-state index contributed by atoms with van der Waals surface area (Å²) < 4.78 is 39.4. The zero-order valence-corrected chi connectivity index (χ0v) is 19.3. The maximum atomic E-state index is 13.5. The standard InChI is InChI=1S/C25H36F3N3O/c1-3-4-5-6-7-8-11-29-20-9-10-24(14-20)17(2)22-13-21-18(16-31(22)23(24)32)12-19(15-30-21)25(26,27)28/h12,15,17,20,22,29H,3-11,13-14,16H2,1-2H3/t17?,20-,22?,24+/m1/s1. The molecule has 32 heavy (non-hydrogen) atoms. The van der Waals surface area contributed by atoms with Gasteiger partial charge in [0.05, 0.1) is 11.0 Å². The molecule has 2 fully saturated rings. The third-order valence-electron chi connectivity index (χ3n) is 8.18. The third kappa shape index (κ3) is 4.42. The average Bonchev–Trinajstić information content (AvgIpc) is 3.27. The summed E-state index contributed by atoms with van der Waals surface area (Å²) in [6.45, 7) is 5.63. The van der Waals surface area contributed by atoms with E-state index in [1.165, 1.54) is 44.6 Å². The number of fused-ring (bicyclic) bond motifs is 2. The minimum atomic E-state index is -4.41. The molecule has 3 aliphatic rings. The predicted molar refractivity (Wildman–Crippen MR) is 118 cm³/mol. The van der Waals surface area contributed by atoms with Crippen LogP contribution in [0, 0.1) is 11.3 Å². The molecule has 178 valence electrons. The molecule has 1 saturated carbocycles. The van der Waals surface area contributed by atoms with Crippen molar-refractivity contribution in [3.63, 3.8) is 0 Å². The van der Waals surface area contributed by atoms with Gasteiger partial charge in [-0.25, -0.2) is 0 Å². The lowest BCUT2D eigenvalue weighted by Crippen LogP contribution is -2.40. The summed E-state index contributed by atoms with van der Waals surface area (Å²) in [5, 5.41) is 3.68. The van der Waals surface area contributed by atoms with Crippen molar-refractivity contribution in [3.8, 4) is 0 Å². The second-order valence-electron chi connectivity index (χ2n) is 10.1. The van der Waals surface area contributed by atoms with Crippen molar-refractivity contribution in [2.24, 2.45) is 11.3 Å². The Labute approximate surface area is 189 Å². The molecule has 1 saturated heterocycles. The Morgan fingerprint density at radius 1 is 1.22 bits per heavy atom. The lowest BCUT2D eigenvalue weighted by molar-refractivity contribution is -0.138. The zero-order valence-electron chi connectivity index (χ0n) is 19.3. The van der Waals surface area contributed by atoms with Crippen molar-refractivity contribution in [2.45, 2.75) is 103 Å². The number of hydrogen-bond acceptors (Lipinski definition) is 3. The molecule has 1 aromatic rings. The van der Waals surface area contributed by atoms with E-state index in [0.717, 1.165) is 32.0 Å². The molecule has 1 spiro atoms. The topological polar surface area (TPSA) is 45.2 Å². The van der Waals surface area contributed by atoms with Crippen molar-refractivity contribution < 1.29 is 18.0 Å². The minimum Gasteiger partial charge on any atom is -0.334 e. The highest BCUT2D eigenvalue weighted by atomic mass is 19.4. The highest BCUT2D eigenvalue weighted by molar-refractivity contribution is 5.87. The van der Waals surface area contributed by atoms with E-state index < -0.39 is 11.7 Å². The number of halogens is 3. The van der Waals surface area contributed by atoms with Gasteiger partial charge in [0.1, 0.15) is 0 Å². The Balaban J connectivity index is 1.37. The molecule has 2 aliphatic heterocycles. The Morgan fingerprint density at radius 3 is 2.72 bits per heavy atom. The van der Waals surface area contributed by atoms with Crippen LogP contribution >= 0.6 is 0 Å². The quantitative estimate of drug-likeness (QED) is 0.532. The molecule has 1 amide bonds. The molecular formula is C25H36F3N3O. The van der Waals surface area contributed by atoms with Crippen LogP contribution in [0.2, 0.25) is 0 Å². The molecule has 3 heterocycles. The number of carbonyl (C=O) groups is 1. The van der Waals surface area contributed by atoms with Gasteiger partial charge in [0.2, 0.25) is 5.91 Å². The Hall–Kier alpha value is -1.63. The Morgan fingerprint density at radius 2 is 1.97 bits per heavy atom. The van der Waals surface area contributed by atoms with Crippen LogP contribution in [0.5, 0.6) is 0 Å². The SMILES string of the molecule is CCCCCCCCN[C@@H]1CC[C@@]2(C1)C(=O)N1Cc3cc(C(F)(F)F)cnc3CC1C2C. The van der Waals surface area contributed by atoms with Crippen molar-refractivity contribution in [3.05, 3.63) is 29.1 Å². The molecule has 1 aliphatic carbocycles. The fourth-order valence-electron chi connectivity index (χ4n) is 6.21. The maximum Gasteiger partial charge on any atom is 0.417 e. The summed E-state index contributed by atoms with van der Waals surface area (Å²) in [7, 11) is 0. The number of aromatic nitrogens is 1. The molecule has 7 heteroatoms. The van der Waals surface area contributed by atoms with Crippen LogP contribution < -0.4 is 5.32 Å². The van der Waals surface area contributed by atoms with E-state index in [2.05, 4.69) is 24.1 Å². The van der Waals surface area contributed by atoms with Crippen LogP contribution in [-0.4, -0.2) is 34.4 Å². The van der Waals surface area contributed by atoms with Gasteiger partial charge in [-0.05, 0) is 49.8 Å². The molecule has 1 aromatic heterocycles. The first-order valence-electron chi connectivity index (χ1n) is 12.4. The molecule has 4 atom stereocenters. The van der Waals surface area contributed by atoms with Crippen LogP contribution in [-0.2, 0) is 23.9 Å². The van der Waals surface area contributed by atoms with Gasteiger partial charge in [0, 0.05) is 36.9 Å². The van der Waals surface area contributed by atoms with Gasteiger partial charge >= 0.3 is 6.18 Å². The summed E-state index contributed by atoms with van der Waals surface area (Å²) in [4.78, 5) is 19.5. The van der Waals surface area contributed by atoms with Crippen LogP contribution in [0.3, 0.4) is 0 Å². The first kappa shape index (κ1) is 23.5. The van der Waals surface area contributed by atoms with Crippen LogP contribution in [0.1, 0.15) is 88.5 Å². The number of alkyl halides is 3. The molecule has 4 nitrogen and oxygen atoms in total. The minimum absolute atomic E-state index is 0.0385. The van der Waals surface area contributed by atoms with E-state index in [-0.39, 0.29) is 29.8 Å². The number of carbonyl (C=O) groups excluding carboxylic acids is 1. The molecule has 0 aromatic carbocycles. The summed E-state index contributed by atoms with van der Waals surface area (Å²) >= 11 is 0. The molecule has 0 bridgehead atoms. The van der Waals surface area contributed by atoms with E-state index in [9.17, 15) is 18.0 Å². The van der Waals surface area contributed by atoms with E-state index >= 15 is 0 Å². The Kier molecular flexibility index (Phi) is 6.85. The normalized spacial score (nSPS) is 29.6. The van der Waals surface area contributed by atoms with Crippen LogP contribution in [0.25, 0.3) is 0 Å². The van der Waals surface area contributed by atoms with Gasteiger partial charge < -0.3 is 10.2 Å². The third-order valence-corrected chi connectivity index (χ3v) is 8.18. The monoisotopic (exact) mass is 451 g/mol. The van der Waals surface area contributed by atoms with Crippen LogP contribution in [0.4, 0.5) is 13.2 Å². The molecule has 4 rings (SSSR count). The van der Waals surface area contributed by atoms with Crippen molar-refractivity contribution in [2.75, 3.05) is 6.54 Å². The van der Waals surface area contributed by atoms with Crippen molar-refractivity contribution in [1.82, 2.24) is 15.2 Å². The summed E-state index contributed by atoms with van der Waals surface area (Å²) in [6, 6.07) is 1.58. The van der Waals surface area contributed by atoms with Gasteiger partial charge in [-0.1, -0.05) is 46.0 Å². The average molecular weight is 452 g/mol. The van der Waals surface area contributed by atoms with Crippen molar-refractivity contribution in [1.29, 1.82) is 0 Å². The van der Waals surface area contributed by atoms with Gasteiger partial charge in [-0.2, -0.15) is 13.2 Å². The van der Waals surface area contributed by atoms with Crippen molar-refractivity contribution >= 4 is 5.91 Å². The van der Waals surface area contributed by atoms with E-state index in [1.807, 2.05) is 4.90 Å². The number of nitrogens with one attached hydrogen (secondary N) is 1. The first-order valence-corrected chi connectivity index (χ1v) is 12.4. The first-order chi connectivity index (χ1) is 15.3. The number of unbranched alkanes of at least 4 members (excludes halogenated alkanes) is 5. The van der Waals surface area contributed by atoms with Gasteiger partial charge in [0.15, 0.2) is 0 Å². The lowest BCUT2D eigenvalue weighted by atomic mass is 9.73. The van der Waals surface area contributed by atoms with Gasteiger partial charge in [-0.15, -0.1) is 0 Å². The number of pyridine rings is 1. The van der Waals surface area contributed by atoms with E-state index in [4.69, 9.17) is 0 Å². The summed E-state index contributed by atoms with van der Waals surface area (Å²) in [5.41, 5.74) is 0.151. The summed E-state index contributed by atoms with van der Waals surface area (Å²) in [5.74, 6) is 0.329. The predicted octanol–water partition coefficient (Wildman–Crippen LogP) is 5.49. The summed E-state index contributed by atoms with van der Waals surface area (Å²) in [6.07, 6.45) is 7.38. The highest BCUT2D eigenvalue weighted by Gasteiger charge is 2.60. The largest absolute Gasteiger partial charge is 0.417 e. The number of rotatable bonds is 8. The molecule has 2 unspecified atom stereocenters. The zero-order chi connectivity index (χ0) is 22.9. The fourth-order valence-corrected chi connectivity index (χ4v) is 6.21. The number of hydrogen-bond donors (Lipinski definition) is 1. The molecule has 1 N–H and O–H groups in total. The van der Waals surface area contributed by atoms with Gasteiger partial charge in [-0.3, -0.25) is 9.78 Å². The molecular weight excluding hydrogens is 415 g/mol. The second kappa shape index (κ2) is 9.32. The maximum absolute atomic E-state index is 13.5. The van der Waals surface area contributed by atoms with Crippen LogP contribution in [0.15, 0.2) is 12.3 Å².